The summed E-state index contributed by atoms with van der Waals surface area (Å²) in [4.78, 5) is 5.15. The van der Waals surface area contributed by atoms with Gasteiger partial charge in [0.05, 0.1) is 6.04 Å². The highest BCUT2D eigenvalue weighted by molar-refractivity contribution is 5.55. The Bertz CT molecular complexity index is 943. The largest absolute Gasteiger partial charge is 0.508 e. The third-order valence-electron chi connectivity index (χ3n) is 6.02. The summed E-state index contributed by atoms with van der Waals surface area (Å²) in [6, 6.07) is 16.9. The molecule has 1 aromatic heterocycles. The molecule has 0 unspecified atom stereocenters. The van der Waals surface area contributed by atoms with Gasteiger partial charge in [0.1, 0.15) is 5.75 Å². The monoisotopic (exact) mass is 406 g/mol. The Morgan fingerprint density at radius 1 is 1.07 bits per heavy atom. The van der Waals surface area contributed by atoms with Crippen molar-refractivity contribution < 1.29 is 5.11 Å². The molecule has 0 amide bonds. The third-order valence-corrected chi connectivity index (χ3v) is 6.02. The van der Waals surface area contributed by atoms with Crippen molar-refractivity contribution in [3.8, 4) is 17.1 Å². The molecule has 0 aliphatic carbocycles. The van der Waals surface area contributed by atoms with E-state index >= 15 is 0 Å². The van der Waals surface area contributed by atoms with Crippen LogP contribution in [0.15, 0.2) is 48.5 Å². The molecule has 1 aliphatic rings. The predicted octanol–water partition coefficient (Wildman–Crippen LogP) is 3.47. The number of H-pyrrole nitrogens is 1. The van der Waals surface area contributed by atoms with Crippen LogP contribution in [-0.2, 0) is 0 Å². The van der Waals surface area contributed by atoms with E-state index in [0.717, 1.165) is 30.8 Å². The molecule has 0 radical (unpaired) electrons. The summed E-state index contributed by atoms with van der Waals surface area (Å²) < 4.78 is 0. The van der Waals surface area contributed by atoms with E-state index in [4.69, 9.17) is 0 Å². The second kappa shape index (κ2) is 8.93. The Morgan fingerprint density at radius 3 is 2.53 bits per heavy atom. The highest BCUT2D eigenvalue weighted by Crippen LogP contribution is 2.35. The topological polar surface area (TPSA) is 81.2 Å². The van der Waals surface area contributed by atoms with Gasteiger partial charge < -0.3 is 5.11 Å². The minimum Gasteiger partial charge on any atom is -0.508 e. The van der Waals surface area contributed by atoms with E-state index < -0.39 is 0 Å². The van der Waals surface area contributed by atoms with Crippen molar-refractivity contribution in [2.75, 3.05) is 19.6 Å². The average molecular weight is 407 g/mol. The maximum Gasteiger partial charge on any atom is 0.204 e. The Labute approximate surface area is 177 Å². The molecule has 0 bridgehead atoms. The quantitative estimate of drug-likeness (QED) is 0.652. The SMILES string of the molecule is CCCN1C[C@H](C)N([C@H](c2ccc(-c3nn[nH]n3)cc2)c2cccc(O)c2)C[C@H]1C. The van der Waals surface area contributed by atoms with Gasteiger partial charge in [-0.25, -0.2) is 0 Å². The van der Waals surface area contributed by atoms with Gasteiger partial charge in [-0.3, -0.25) is 9.80 Å². The molecule has 0 spiro atoms. The molecule has 30 heavy (non-hydrogen) atoms. The van der Waals surface area contributed by atoms with Gasteiger partial charge in [-0.15, -0.1) is 10.2 Å². The number of nitrogens with zero attached hydrogens (tertiary/aromatic N) is 5. The molecule has 4 rings (SSSR count). The number of hydrogen-bond acceptors (Lipinski definition) is 6. The van der Waals surface area contributed by atoms with Crippen molar-refractivity contribution in [1.82, 2.24) is 30.4 Å². The molecule has 1 saturated heterocycles. The van der Waals surface area contributed by atoms with E-state index in [1.807, 2.05) is 24.3 Å². The number of aromatic hydroxyl groups is 1. The lowest BCUT2D eigenvalue weighted by Crippen LogP contribution is -2.57. The maximum atomic E-state index is 10.2. The van der Waals surface area contributed by atoms with Gasteiger partial charge >= 0.3 is 0 Å². The van der Waals surface area contributed by atoms with Crippen LogP contribution in [0.2, 0.25) is 0 Å². The van der Waals surface area contributed by atoms with Crippen molar-refractivity contribution >= 4 is 0 Å². The first-order valence-electron chi connectivity index (χ1n) is 10.7. The first-order valence-corrected chi connectivity index (χ1v) is 10.7. The molecule has 2 heterocycles. The number of phenols is 1. The Balaban J connectivity index is 1.69. The van der Waals surface area contributed by atoms with Crippen molar-refractivity contribution in [1.29, 1.82) is 0 Å². The lowest BCUT2D eigenvalue weighted by atomic mass is 9.92. The summed E-state index contributed by atoms with van der Waals surface area (Å²) in [7, 11) is 0. The van der Waals surface area contributed by atoms with Crippen LogP contribution in [0.3, 0.4) is 0 Å². The highest BCUT2D eigenvalue weighted by atomic mass is 16.3. The van der Waals surface area contributed by atoms with Gasteiger partial charge in [0.25, 0.3) is 0 Å². The maximum absolute atomic E-state index is 10.2. The molecule has 158 valence electrons. The summed E-state index contributed by atoms with van der Waals surface area (Å²) in [5.74, 6) is 0.886. The number of nitrogens with one attached hydrogen (secondary N) is 1. The molecule has 3 atom stereocenters. The van der Waals surface area contributed by atoms with Crippen molar-refractivity contribution in [2.24, 2.45) is 0 Å². The summed E-state index contributed by atoms with van der Waals surface area (Å²) in [6.07, 6.45) is 1.17. The third kappa shape index (κ3) is 4.22. The van der Waals surface area contributed by atoms with E-state index in [1.54, 1.807) is 6.07 Å². The molecular formula is C23H30N6O. The minimum absolute atomic E-state index is 0.0673. The van der Waals surface area contributed by atoms with E-state index in [1.165, 1.54) is 12.0 Å². The lowest BCUT2D eigenvalue weighted by Gasteiger charge is -2.47. The van der Waals surface area contributed by atoms with Crippen LogP contribution < -0.4 is 0 Å². The zero-order valence-electron chi connectivity index (χ0n) is 17.9. The lowest BCUT2D eigenvalue weighted by molar-refractivity contribution is 0.0241. The van der Waals surface area contributed by atoms with Gasteiger partial charge in [0.15, 0.2) is 0 Å². The molecule has 1 fully saturated rings. The standard InChI is InChI=1S/C23H30N6O/c1-4-12-28-14-17(3)29(15-16(28)2)22(20-6-5-7-21(30)13-20)18-8-10-19(11-9-18)23-24-26-27-25-23/h5-11,13,16-17,22,30H,4,12,14-15H2,1-3H3,(H,24,25,26,27)/t16-,17+,22-/m1/s1. The van der Waals surface area contributed by atoms with Gasteiger partial charge in [0, 0.05) is 30.7 Å². The van der Waals surface area contributed by atoms with Gasteiger partial charge in [-0.1, -0.05) is 43.3 Å². The Morgan fingerprint density at radius 2 is 1.87 bits per heavy atom. The predicted molar refractivity (Wildman–Crippen MR) is 117 cm³/mol. The van der Waals surface area contributed by atoms with Crippen LogP contribution in [0, 0.1) is 0 Å². The summed E-state index contributed by atoms with van der Waals surface area (Å²) in [6.45, 7) is 10.0. The molecule has 7 nitrogen and oxygen atoms in total. The zero-order valence-corrected chi connectivity index (χ0v) is 17.9. The highest BCUT2D eigenvalue weighted by Gasteiger charge is 2.34. The number of phenolic OH excluding ortho intramolecular Hbond substituents is 1. The average Bonchev–Trinajstić information content (AvgIpc) is 3.27. The summed E-state index contributed by atoms with van der Waals surface area (Å²) in [5, 5.41) is 24.5. The van der Waals surface area contributed by atoms with E-state index in [2.05, 4.69) is 69.4 Å². The van der Waals surface area contributed by atoms with Crippen LogP contribution in [0.25, 0.3) is 11.4 Å². The number of hydrogen-bond donors (Lipinski definition) is 2. The molecule has 1 aliphatic heterocycles. The zero-order chi connectivity index (χ0) is 21.1. The normalized spacial score (nSPS) is 21.6. The van der Waals surface area contributed by atoms with Crippen molar-refractivity contribution in [2.45, 2.75) is 45.3 Å². The first-order chi connectivity index (χ1) is 14.6. The van der Waals surface area contributed by atoms with Gasteiger partial charge in [0.2, 0.25) is 5.82 Å². The molecule has 2 aromatic carbocycles. The van der Waals surface area contributed by atoms with Gasteiger partial charge in [-0.2, -0.15) is 5.21 Å². The summed E-state index contributed by atoms with van der Waals surface area (Å²) in [5.41, 5.74) is 3.22. The van der Waals surface area contributed by atoms with Crippen LogP contribution in [-0.4, -0.2) is 67.2 Å². The molecule has 7 heteroatoms. The molecule has 0 saturated carbocycles. The minimum atomic E-state index is 0.0673. The molecule has 2 N–H and O–H groups in total. The number of aromatic nitrogens is 4. The summed E-state index contributed by atoms with van der Waals surface area (Å²) >= 11 is 0. The van der Waals surface area contributed by atoms with E-state index in [0.29, 0.717) is 23.7 Å². The smallest absolute Gasteiger partial charge is 0.204 e. The fourth-order valence-corrected chi connectivity index (χ4v) is 4.55. The van der Waals surface area contributed by atoms with Crippen molar-refractivity contribution in [3.63, 3.8) is 0 Å². The van der Waals surface area contributed by atoms with E-state index in [9.17, 15) is 5.11 Å². The first kappa shape index (κ1) is 20.5. The van der Waals surface area contributed by atoms with Crippen LogP contribution in [0.4, 0.5) is 0 Å². The number of rotatable bonds is 6. The number of piperazine rings is 1. The number of benzene rings is 2. The van der Waals surface area contributed by atoms with Crippen LogP contribution in [0.5, 0.6) is 5.75 Å². The fraction of sp³-hybridized carbons (Fsp3) is 0.435. The van der Waals surface area contributed by atoms with E-state index in [-0.39, 0.29) is 6.04 Å². The van der Waals surface area contributed by atoms with Gasteiger partial charge in [-0.05, 0) is 55.3 Å². The second-order valence-corrected chi connectivity index (χ2v) is 8.24. The van der Waals surface area contributed by atoms with Crippen molar-refractivity contribution in [3.05, 3.63) is 59.7 Å². The van der Waals surface area contributed by atoms with Crippen LogP contribution in [0.1, 0.15) is 44.4 Å². The molecule has 3 aromatic rings. The number of aromatic amines is 1. The molecular weight excluding hydrogens is 376 g/mol. The number of tetrazole rings is 1. The Hall–Kier alpha value is -2.77. The fourth-order valence-electron chi connectivity index (χ4n) is 4.55. The Kier molecular flexibility index (Phi) is 6.11. The van der Waals surface area contributed by atoms with Crippen LogP contribution >= 0.6 is 0 Å². The second-order valence-electron chi connectivity index (χ2n) is 8.24.